The van der Waals surface area contributed by atoms with Crippen LogP contribution < -0.4 is 16.0 Å². The Morgan fingerprint density at radius 3 is 2.68 bits per heavy atom. The lowest BCUT2D eigenvalue weighted by atomic mass is 9.61. The molecule has 0 spiro atoms. The average molecular weight is 496 g/mol. The number of ether oxygens (including phenoxy) is 1. The topological polar surface area (TPSA) is 66.1 Å². The van der Waals surface area contributed by atoms with E-state index >= 15 is 0 Å². The second-order valence-corrected chi connectivity index (χ2v) is 12.3. The highest BCUT2D eigenvalue weighted by atomic mass is 35.5. The molecule has 2 aromatic heterocycles. The third kappa shape index (κ3) is 2.92. The molecule has 3 aromatic rings. The van der Waals surface area contributed by atoms with Gasteiger partial charge in [-0.15, -0.1) is 0 Å². The zero-order chi connectivity index (χ0) is 24.2. The predicted molar refractivity (Wildman–Crippen MR) is 136 cm³/mol. The molecule has 0 saturated heterocycles. The minimum Gasteiger partial charge on any atom is -0.472 e. The Bertz CT molecular complexity index is 1550. The van der Waals surface area contributed by atoms with E-state index in [-0.39, 0.29) is 27.8 Å². The lowest BCUT2D eigenvalue weighted by molar-refractivity contribution is -0.00689. The molecule has 3 aliphatic rings. The Morgan fingerprint density at radius 1 is 1.15 bits per heavy atom. The normalized spacial score (nSPS) is 26.6. The van der Waals surface area contributed by atoms with Gasteiger partial charge in [-0.1, -0.05) is 35.5 Å². The quantitative estimate of drug-likeness (QED) is 0.444. The summed E-state index contributed by atoms with van der Waals surface area (Å²) in [6.45, 7) is 6.39. The van der Waals surface area contributed by atoms with Crippen LogP contribution >= 0.6 is 23.4 Å². The molecular formula is C26H26ClN3O3S. The number of hydrogen-bond donors (Lipinski definition) is 0. The summed E-state index contributed by atoms with van der Waals surface area (Å²) in [6, 6.07) is 7.92. The summed E-state index contributed by atoms with van der Waals surface area (Å²) in [7, 11) is 3.22. The van der Waals surface area contributed by atoms with Gasteiger partial charge in [0, 0.05) is 46.7 Å². The number of pyridine rings is 1. The van der Waals surface area contributed by atoms with Gasteiger partial charge in [-0.3, -0.25) is 13.9 Å². The Kier molecular flexibility index (Phi) is 4.53. The van der Waals surface area contributed by atoms with Crippen LogP contribution in [0.4, 0.5) is 0 Å². The summed E-state index contributed by atoms with van der Waals surface area (Å²) in [5.41, 5.74) is 2.59. The first kappa shape index (κ1) is 22.0. The van der Waals surface area contributed by atoms with Crippen LogP contribution in [0.15, 0.2) is 44.5 Å². The molecule has 0 amide bonds. The molecule has 6 rings (SSSR count). The molecule has 0 bridgehead atoms. The maximum Gasteiger partial charge on any atom is 0.333 e. The molecule has 1 aromatic carbocycles. The highest BCUT2D eigenvalue weighted by molar-refractivity contribution is 8.01. The molecule has 2 aliphatic heterocycles. The Labute approximate surface area is 206 Å². The molecule has 176 valence electrons. The first-order chi connectivity index (χ1) is 16.0. The minimum absolute atomic E-state index is 0.124. The lowest BCUT2D eigenvalue weighted by Gasteiger charge is -2.53. The monoisotopic (exact) mass is 495 g/mol. The highest BCUT2D eigenvalue weighted by Gasteiger charge is 2.55. The first-order valence-electron chi connectivity index (χ1n) is 11.5. The molecular weight excluding hydrogens is 470 g/mol. The maximum absolute atomic E-state index is 13.5. The number of rotatable bonds is 0. The third-order valence-corrected chi connectivity index (χ3v) is 9.54. The van der Waals surface area contributed by atoms with Gasteiger partial charge in [0.25, 0.3) is 5.56 Å². The van der Waals surface area contributed by atoms with Gasteiger partial charge in [0.15, 0.2) is 0 Å². The van der Waals surface area contributed by atoms with Crippen molar-refractivity contribution in [1.82, 2.24) is 14.1 Å². The molecule has 8 heteroatoms. The molecule has 1 fully saturated rings. The van der Waals surface area contributed by atoms with Gasteiger partial charge in [-0.2, -0.15) is 0 Å². The summed E-state index contributed by atoms with van der Waals surface area (Å²) in [5, 5.41) is 2.69. The highest BCUT2D eigenvalue weighted by Crippen LogP contribution is 2.61. The predicted octanol–water partition coefficient (Wildman–Crippen LogP) is 4.90. The van der Waals surface area contributed by atoms with E-state index in [9.17, 15) is 9.59 Å². The first-order valence-corrected chi connectivity index (χ1v) is 12.7. The Hall–Kier alpha value is -2.51. The number of thioether (sulfide) groups is 1. The molecule has 4 heterocycles. The van der Waals surface area contributed by atoms with E-state index < -0.39 is 5.60 Å². The Morgan fingerprint density at radius 2 is 1.91 bits per heavy atom. The summed E-state index contributed by atoms with van der Waals surface area (Å²) in [4.78, 5) is 31.1. The van der Waals surface area contributed by atoms with Crippen LogP contribution in [0.5, 0.6) is 5.88 Å². The summed E-state index contributed by atoms with van der Waals surface area (Å²) in [5.74, 6) is 0.384. The maximum atomic E-state index is 13.5. The second-order valence-electron chi connectivity index (χ2n) is 10.4. The van der Waals surface area contributed by atoms with Crippen molar-refractivity contribution < 1.29 is 4.74 Å². The standard InChI is InChI=1S/C26H26ClN3O3S/c1-25(2)16-8-9-26(3)17(19(16)20-22(31)29(4)24(32)30(5)23(20)33-25)11-14-10-13-6-7-15(27)12-18(13)28-21(14)34-26/h6-7,10-12,16,19H,8-9H2,1-5H3. The molecule has 0 N–H and O–H groups in total. The van der Waals surface area contributed by atoms with Gasteiger partial charge in [-0.05, 0) is 57.4 Å². The largest absolute Gasteiger partial charge is 0.472 e. The third-order valence-electron chi connectivity index (χ3n) is 7.89. The zero-order valence-electron chi connectivity index (χ0n) is 19.8. The van der Waals surface area contributed by atoms with Gasteiger partial charge < -0.3 is 4.74 Å². The van der Waals surface area contributed by atoms with E-state index in [4.69, 9.17) is 21.3 Å². The van der Waals surface area contributed by atoms with Crippen LogP contribution in [-0.4, -0.2) is 24.5 Å². The van der Waals surface area contributed by atoms with Crippen molar-refractivity contribution >= 4 is 40.3 Å². The fourth-order valence-corrected chi connectivity index (χ4v) is 7.51. The Balaban J connectivity index is 1.64. The van der Waals surface area contributed by atoms with Crippen LogP contribution in [0, 0.1) is 5.92 Å². The summed E-state index contributed by atoms with van der Waals surface area (Å²) in [6.07, 6.45) is 4.10. The van der Waals surface area contributed by atoms with E-state index in [1.807, 2.05) is 18.2 Å². The lowest BCUT2D eigenvalue weighted by Crippen LogP contribution is -2.55. The smallest absolute Gasteiger partial charge is 0.333 e. The number of hydrogen-bond acceptors (Lipinski definition) is 5. The number of halogens is 1. The molecule has 1 saturated carbocycles. The summed E-state index contributed by atoms with van der Waals surface area (Å²) >= 11 is 7.99. The fraction of sp³-hybridized carbons (Fsp3) is 0.423. The minimum atomic E-state index is -0.514. The van der Waals surface area contributed by atoms with Crippen LogP contribution in [0.1, 0.15) is 50.7 Å². The molecule has 1 aliphatic carbocycles. The molecule has 0 radical (unpaired) electrons. The van der Waals surface area contributed by atoms with Gasteiger partial charge in [-0.25, -0.2) is 9.78 Å². The van der Waals surface area contributed by atoms with E-state index in [2.05, 4.69) is 32.9 Å². The van der Waals surface area contributed by atoms with Crippen LogP contribution in [0.25, 0.3) is 17.0 Å². The van der Waals surface area contributed by atoms with E-state index in [0.29, 0.717) is 16.5 Å². The van der Waals surface area contributed by atoms with Gasteiger partial charge >= 0.3 is 5.69 Å². The van der Waals surface area contributed by atoms with Gasteiger partial charge in [0.1, 0.15) is 10.6 Å². The number of nitrogens with zero attached hydrogens (tertiary/aromatic N) is 3. The number of aromatic nitrogens is 3. The molecule has 6 nitrogen and oxygen atoms in total. The van der Waals surface area contributed by atoms with E-state index in [1.54, 1.807) is 25.9 Å². The van der Waals surface area contributed by atoms with Crippen molar-refractivity contribution in [3.05, 3.63) is 66.8 Å². The molecule has 34 heavy (non-hydrogen) atoms. The van der Waals surface area contributed by atoms with Crippen molar-refractivity contribution in [3.8, 4) is 5.88 Å². The van der Waals surface area contributed by atoms with Crippen molar-refractivity contribution in [1.29, 1.82) is 0 Å². The fourth-order valence-electron chi connectivity index (χ4n) is 6.02. The van der Waals surface area contributed by atoms with Gasteiger partial charge in [0.05, 0.1) is 11.1 Å². The number of benzene rings is 1. The van der Waals surface area contributed by atoms with Crippen molar-refractivity contribution in [2.24, 2.45) is 20.0 Å². The SMILES string of the molecule is Cn1c2c(c(=O)n(C)c1=O)C1C3=Cc4cc5ccc(Cl)cc5nc4SC3(C)CCC1C(C)(C)O2. The van der Waals surface area contributed by atoms with Crippen molar-refractivity contribution in [2.75, 3.05) is 0 Å². The van der Waals surface area contributed by atoms with E-state index in [1.165, 1.54) is 14.7 Å². The van der Waals surface area contributed by atoms with Gasteiger partial charge in [0.2, 0.25) is 5.88 Å². The van der Waals surface area contributed by atoms with Crippen LogP contribution in [-0.2, 0) is 14.1 Å². The molecule has 3 unspecified atom stereocenters. The second kappa shape index (κ2) is 7.01. The van der Waals surface area contributed by atoms with Crippen molar-refractivity contribution in [2.45, 2.75) is 54.9 Å². The van der Waals surface area contributed by atoms with Crippen LogP contribution in [0.2, 0.25) is 5.02 Å². The summed E-state index contributed by atoms with van der Waals surface area (Å²) < 4.78 is 8.84. The average Bonchev–Trinajstić information content (AvgIpc) is 2.78. The zero-order valence-corrected chi connectivity index (χ0v) is 21.4. The van der Waals surface area contributed by atoms with Crippen molar-refractivity contribution in [3.63, 3.8) is 0 Å². The van der Waals surface area contributed by atoms with Crippen LogP contribution in [0.3, 0.4) is 0 Å². The molecule has 3 atom stereocenters. The number of fused-ring (bicyclic) bond motifs is 7. The van der Waals surface area contributed by atoms with E-state index in [0.717, 1.165) is 34.3 Å².